The van der Waals surface area contributed by atoms with Gasteiger partial charge in [0, 0.05) is 61.1 Å². The summed E-state index contributed by atoms with van der Waals surface area (Å²) in [6.07, 6.45) is 4.31. The minimum atomic E-state index is 0.102. The number of rotatable bonds is 12. The van der Waals surface area contributed by atoms with Crippen LogP contribution in [-0.2, 0) is 25.4 Å². The molecule has 0 atom stereocenters. The molecule has 2 aromatic carbocycles. The maximum absolute atomic E-state index is 8.15. The first-order chi connectivity index (χ1) is 18.6. The Bertz CT molecular complexity index is 1340. The summed E-state index contributed by atoms with van der Waals surface area (Å²) in [5, 5.41) is 16.3. The summed E-state index contributed by atoms with van der Waals surface area (Å²) in [6.45, 7) is 1.52. The molecule has 0 unspecified atom stereocenters. The number of hydrogen-bond donors (Lipinski definition) is 2. The Kier molecular flexibility index (Phi) is 9.33. The van der Waals surface area contributed by atoms with Crippen LogP contribution in [0.25, 0.3) is 16.9 Å². The van der Waals surface area contributed by atoms with E-state index in [2.05, 4.69) is 4.98 Å². The molecule has 0 bridgehead atoms. The van der Waals surface area contributed by atoms with Gasteiger partial charge in [-0.3, -0.25) is 15.8 Å². The van der Waals surface area contributed by atoms with Crippen molar-refractivity contribution < 1.29 is 18.9 Å². The van der Waals surface area contributed by atoms with E-state index < -0.39 is 0 Å². The number of benzene rings is 2. The summed E-state index contributed by atoms with van der Waals surface area (Å²) in [7, 11) is 3.20. The zero-order valence-corrected chi connectivity index (χ0v) is 21.5. The fourth-order valence-corrected chi connectivity index (χ4v) is 3.76. The molecule has 0 fully saturated rings. The van der Waals surface area contributed by atoms with Crippen molar-refractivity contribution in [2.75, 3.05) is 40.6 Å². The lowest BCUT2D eigenvalue weighted by Gasteiger charge is -2.10. The van der Waals surface area contributed by atoms with Crippen molar-refractivity contribution in [3.05, 3.63) is 102 Å². The Balaban J connectivity index is 1.59. The van der Waals surface area contributed by atoms with Crippen LogP contribution in [0.15, 0.2) is 79.1 Å². The van der Waals surface area contributed by atoms with Crippen molar-refractivity contribution in [3.63, 3.8) is 0 Å². The number of nitrogens with one attached hydrogen (secondary N) is 2. The van der Waals surface area contributed by atoms with Crippen LogP contribution in [0, 0.1) is 10.8 Å². The summed E-state index contributed by atoms with van der Waals surface area (Å²) in [6, 6.07) is 21.0. The van der Waals surface area contributed by atoms with Crippen LogP contribution in [0.1, 0.15) is 22.6 Å². The fraction of sp³-hybridized carbons (Fsp3) is 0.241. The molecule has 0 spiro atoms. The van der Waals surface area contributed by atoms with Crippen molar-refractivity contribution >= 4 is 11.8 Å². The van der Waals surface area contributed by atoms with Gasteiger partial charge >= 0.3 is 0 Å². The SMILES string of the molecule is COCCOC(=N)c1ccc(-c2cn(-c3ccc(C(=N)OCCOC)cc3)c(Cc3ccccn3)n2)cc1. The molecule has 0 aliphatic carbocycles. The van der Waals surface area contributed by atoms with Gasteiger partial charge in [-0.2, -0.15) is 0 Å². The minimum Gasteiger partial charge on any atom is -0.475 e. The third kappa shape index (κ3) is 6.90. The highest BCUT2D eigenvalue weighted by molar-refractivity contribution is 5.92. The van der Waals surface area contributed by atoms with Crippen LogP contribution in [0.4, 0.5) is 0 Å². The molecule has 9 nitrogen and oxygen atoms in total. The molecule has 196 valence electrons. The quantitative estimate of drug-likeness (QED) is 0.164. The Labute approximate surface area is 222 Å². The number of nitrogens with zero attached hydrogens (tertiary/aromatic N) is 3. The average molecular weight is 514 g/mol. The molecule has 2 N–H and O–H groups in total. The summed E-state index contributed by atoms with van der Waals surface area (Å²) in [5.74, 6) is 1.04. The van der Waals surface area contributed by atoms with E-state index in [4.69, 9.17) is 34.7 Å². The molecule has 9 heteroatoms. The molecule has 2 aromatic heterocycles. The molecule has 0 amide bonds. The molecular formula is C29H31N5O4. The van der Waals surface area contributed by atoms with E-state index in [-0.39, 0.29) is 11.8 Å². The topological polar surface area (TPSA) is 115 Å². The van der Waals surface area contributed by atoms with E-state index in [9.17, 15) is 0 Å². The van der Waals surface area contributed by atoms with Crippen LogP contribution in [-0.4, -0.2) is 67.0 Å². The van der Waals surface area contributed by atoms with Crippen molar-refractivity contribution in [1.29, 1.82) is 10.8 Å². The highest BCUT2D eigenvalue weighted by Gasteiger charge is 2.14. The second kappa shape index (κ2) is 13.3. The first-order valence-electron chi connectivity index (χ1n) is 12.2. The molecule has 4 aromatic rings. The zero-order chi connectivity index (χ0) is 26.7. The number of imidazole rings is 1. The highest BCUT2D eigenvalue weighted by Crippen LogP contribution is 2.24. The maximum Gasteiger partial charge on any atom is 0.213 e. The fourth-order valence-electron chi connectivity index (χ4n) is 3.76. The number of methoxy groups -OCH3 is 2. The van der Waals surface area contributed by atoms with E-state index in [1.807, 2.05) is 77.5 Å². The van der Waals surface area contributed by atoms with Gasteiger partial charge < -0.3 is 23.5 Å². The zero-order valence-electron chi connectivity index (χ0n) is 21.5. The summed E-state index contributed by atoms with van der Waals surface area (Å²) in [5.41, 5.74) is 4.91. The van der Waals surface area contributed by atoms with Gasteiger partial charge in [0.25, 0.3) is 0 Å². The second-order valence-electron chi connectivity index (χ2n) is 8.38. The molecule has 38 heavy (non-hydrogen) atoms. The first kappa shape index (κ1) is 26.7. The molecule has 0 aliphatic rings. The smallest absolute Gasteiger partial charge is 0.213 e. The maximum atomic E-state index is 8.15. The largest absolute Gasteiger partial charge is 0.475 e. The van der Waals surface area contributed by atoms with E-state index in [1.54, 1.807) is 20.4 Å². The second-order valence-corrected chi connectivity index (χ2v) is 8.38. The number of pyridine rings is 1. The normalized spacial score (nSPS) is 10.8. The third-order valence-corrected chi connectivity index (χ3v) is 5.76. The van der Waals surface area contributed by atoms with Crippen molar-refractivity contribution in [3.8, 4) is 16.9 Å². The monoisotopic (exact) mass is 513 g/mol. The lowest BCUT2D eigenvalue weighted by Crippen LogP contribution is -2.10. The molecule has 4 rings (SSSR count). The van der Waals surface area contributed by atoms with Crippen LogP contribution in [0.5, 0.6) is 0 Å². The third-order valence-electron chi connectivity index (χ3n) is 5.76. The van der Waals surface area contributed by atoms with E-state index in [1.165, 1.54) is 0 Å². The van der Waals surface area contributed by atoms with Crippen molar-refractivity contribution in [1.82, 2.24) is 14.5 Å². The number of hydrogen-bond acceptors (Lipinski definition) is 8. The summed E-state index contributed by atoms with van der Waals surface area (Å²) >= 11 is 0. The molecule has 2 heterocycles. The van der Waals surface area contributed by atoms with Gasteiger partial charge in [0.15, 0.2) is 0 Å². The van der Waals surface area contributed by atoms with Gasteiger partial charge in [0.1, 0.15) is 19.0 Å². The number of aromatic nitrogens is 3. The molecular weight excluding hydrogens is 482 g/mol. The predicted molar refractivity (Wildman–Crippen MR) is 145 cm³/mol. The van der Waals surface area contributed by atoms with E-state index in [0.29, 0.717) is 44.0 Å². The van der Waals surface area contributed by atoms with Gasteiger partial charge in [-0.15, -0.1) is 0 Å². The van der Waals surface area contributed by atoms with E-state index in [0.717, 1.165) is 28.5 Å². The van der Waals surface area contributed by atoms with Crippen LogP contribution < -0.4 is 0 Å². The van der Waals surface area contributed by atoms with Crippen molar-refractivity contribution in [2.45, 2.75) is 6.42 Å². The average Bonchev–Trinajstić information content (AvgIpc) is 3.37. The Morgan fingerprint density at radius 3 is 1.92 bits per heavy atom. The Hall–Kier alpha value is -4.34. The number of ether oxygens (including phenoxy) is 4. The lowest BCUT2D eigenvalue weighted by atomic mass is 10.1. The molecule has 0 saturated carbocycles. The molecule has 0 aliphatic heterocycles. The Morgan fingerprint density at radius 1 is 0.763 bits per heavy atom. The predicted octanol–water partition coefficient (Wildman–Crippen LogP) is 4.50. The standard InChI is InChI=1S/C29H31N5O4/c1-35-15-17-37-28(30)22-8-6-21(7-9-22)26-20-34(27(33-26)19-24-5-3-4-14-32-24)25-12-10-23(11-13-25)29(31)38-18-16-36-2/h3-14,20,30-31H,15-19H2,1-2H3. The first-order valence-corrected chi connectivity index (χ1v) is 12.2. The molecule has 0 radical (unpaired) electrons. The van der Waals surface area contributed by atoms with Gasteiger partial charge in [0.05, 0.1) is 18.9 Å². The van der Waals surface area contributed by atoms with Gasteiger partial charge in [-0.05, 0) is 48.5 Å². The summed E-state index contributed by atoms with van der Waals surface area (Å²) in [4.78, 5) is 9.41. The van der Waals surface area contributed by atoms with Crippen LogP contribution in [0.3, 0.4) is 0 Å². The van der Waals surface area contributed by atoms with Crippen LogP contribution in [0.2, 0.25) is 0 Å². The van der Waals surface area contributed by atoms with Crippen LogP contribution >= 0.6 is 0 Å². The highest BCUT2D eigenvalue weighted by atomic mass is 16.5. The lowest BCUT2D eigenvalue weighted by molar-refractivity contribution is 0.141. The Morgan fingerprint density at radius 2 is 1.37 bits per heavy atom. The van der Waals surface area contributed by atoms with E-state index >= 15 is 0 Å². The van der Waals surface area contributed by atoms with Gasteiger partial charge in [-0.1, -0.05) is 18.2 Å². The van der Waals surface area contributed by atoms with Crippen molar-refractivity contribution in [2.24, 2.45) is 0 Å². The minimum absolute atomic E-state index is 0.102. The summed E-state index contributed by atoms with van der Waals surface area (Å²) < 4.78 is 22.8. The van der Waals surface area contributed by atoms with Gasteiger partial charge in [0.2, 0.25) is 11.8 Å². The molecule has 0 saturated heterocycles. The van der Waals surface area contributed by atoms with Gasteiger partial charge in [-0.25, -0.2) is 4.98 Å².